The number of halogens is 4. The highest BCUT2D eigenvalue weighted by molar-refractivity contribution is 8.80. The molecule has 1 saturated heterocycles. The van der Waals surface area contributed by atoms with Gasteiger partial charge in [-0.2, -0.15) is 13.2 Å². The molecule has 0 nitrogen and oxygen atoms in total. The van der Waals surface area contributed by atoms with E-state index in [1.54, 1.807) is 0 Å². The van der Waals surface area contributed by atoms with Gasteiger partial charge >= 0.3 is 6.18 Å². The molecule has 0 aromatic rings. The van der Waals surface area contributed by atoms with Crippen LogP contribution in [-0.2, 0) is 0 Å². The Kier molecular flexibility index (Phi) is 2.39. The zero-order valence-electron chi connectivity index (χ0n) is 4.69. The summed E-state index contributed by atoms with van der Waals surface area (Å²) in [5.74, 6) is 0. The molecule has 1 aliphatic rings. The Labute approximate surface area is 63.1 Å². The first kappa shape index (κ1) is 8.52. The van der Waals surface area contributed by atoms with E-state index in [-0.39, 0.29) is 0 Å². The molecule has 0 aromatic heterocycles. The second-order valence-electron chi connectivity index (χ2n) is 1.85. The van der Waals surface area contributed by atoms with Crippen LogP contribution < -0.4 is 0 Å². The van der Waals surface area contributed by atoms with Crippen LogP contribution in [0.5, 0.6) is 0 Å². The van der Waals surface area contributed by atoms with Gasteiger partial charge < -0.3 is 0 Å². The molecule has 0 radical (unpaired) electrons. The largest absolute Gasteiger partial charge is 0.402 e. The number of hydrogen-bond donors (Lipinski definition) is 0. The molecule has 1 fully saturated rings. The van der Waals surface area contributed by atoms with Crippen molar-refractivity contribution in [2.75, 3.05) is 6.67 Å². The van der Waals surface area contributed by atoms with Gasteiger partial charge in [0, 0.05) is 0 Å². The van der Waals surface area contributed by atoms with E-state index in [2.05, 4.69) is 0 Å². The smallest absolute Gasteiger partial charge is 0.250 e. The van der Waals surface area contributed by atoms with Crippen molar-refractivity contribution in [2.24, 2.45) is 0 Å². The third-order valence-corrected chi connectivity index (χ3v) is 4.52. The van der Waals surface area contributed by atoms with Crippen LogP contribution in [0.4, 0.5) is 17.6 Å². The van der Waals surface area contributed by atoms with Crippen LogP contribution in [0, 0.1) is 0 Å². The highest BCUT2D eigenvalue weighted by Crippen LogP contribution is 2.54. The average Bonchev–Trinajstić information content (AvgIpc) is 1.57. The maximum Gasteiger partial charge on any atom is 0.402 e. The van der Waals surface area contributed by atoms with Gasteiger partial charge in [-0.1, -0.05) is 21.6 Å². The predicted molar refractivity (Wildman–Crippen MR) is 34.8 cm³/mol. The van der Waals surface area contributed by atoms with Crippen LogP contribution in [0.25, 0.3) is 0 Å². The van der Waals surface area contributed by atoms with E-state index in [9.17, 15) is 17.6 Å². The summed E-state index contributed by atoms with van der Waals surface area (Å²) in [4.78, 5) is 0. The third-order valence-electron chi connectivity index (χ3n) is 1.10. The van der Waals surface area contributed by atoms with Crippen molar-refractivity contribution < 1.29 is 17.6 Å². The second kappa shape index (κ2) is 2.81. The van der Waals surface area contributed by atoms with E-state index in [4.69, 9.17) is 0 Å². The molecule has 0 bridgehead atoms. The van der Waals surface area contributed by atoms with Gasteiger partial charge in [-0.15, -0.1) is 0 Å². The van der Waals surface area contributed by atoms with Crippen molar-refractivity contribution in [2.45, 2.75) is 16.7 Å². The highest BCUT2D eigenvalue weighted by Gasteiger charge is 2.51. The third kappa shape index (κ3) is 1.53. The van der Waals surface area contributed by atoms with E-state index >= 15 is 0 Å². The van der Waals surface area contributed by atoms with Crippen molar-refractivity contribution in [3.05, 3.63) is 0 Å². The summed E-state index contributed by atoms with van der Waals surface area (Å²) >= 11 is 0. The zero-order chi connectivity index (χ0) is 7.78. The van der Waals surface area contributed by atoms with Gasteiger partial charge in [0.1, 0.15) is 11.9 Å². The van der Waals surface area contributed by atoms with Gasteiger partial charge in [0.05, 0.1) is 5.25 Å². The molecule has 0 aromatic carbocycles. The van der Waals surface area contributed by atoms with Gasteiger partial charge in [0.25, 0.3) is 0 Å². The molecule has 0 aliphatic carbocycles. The fourth-order valence-electron chi connectivity index (χ4n) is 0.562. The SMILES string of the molecule is FCC1SSC1C(F)(F)F. The van der Waals surface area contributed by atoms with Crippen molar-refractivity contribution in [3.63, 3.8) is 0 Å². The molecule has 60 valence electrons. The summed E-state index contributed by atoms with van der Waals surface area (Å²) in [5, 5.41) is -2.35. The molecule has 0 saturated carbocycles. The summed E-state index contributed by atoms with van der Waals surface area (Å²) in [6.45, 7) is -0.887. The molecular formula is C4H4F4S2. The summed E-state index contributed by atoms with van der Waals surface area (Å²) in [5.41, 5.74) is 0. The standard InChI is InChI=1S/C4H4F4S2/c5-1-2-3(10-9-2)4(6,7)8/h2-3H,1H2. The lowest BCUT2D eigenvalue weighted by Crippen LogP contribution is -2.41. The minimum absolute atomic E-state index is 0.697. The Morgan fingerprint density at radius 2 is 1.80 bits per heavy atom. The summed E-state index contributed by atoms with van der Waals surface area (Å²) < 4.78 is 46.9. The molecule has 10 heavy (non-hydrogen) atoms. The summed E-state index contributed by atoms with van der Waals surface area (Å²) in [7, 11) is 1.66. The van der Waals surface area contributed by atoms with Crippen LogP contribution in [-0.4, -0.2) is 23.4 Å². The molecule has 0 spiro atoms. The number of hydrogen-bond acceptors (Lipinski definition) is 2. The van der Waals surface area contributed by atoms with Gasteiger partial charge in [0.15, 0.2) is 0 Å². The van der Waals surface area contributed by atoms with Gasteiger partial charge in [-0.3, -0.25) is 0 Å². The highest BCUT2D eigenvalue weighted by atomic mass is 33.1. The molecule has 2 unspecified atom stereocenters. The Morgan fingerprint density at radius 3 is 1.90 bits per heavy atom. The maximum atomic E-state index is 11.7. The molecule has 6 heteroatoms. The number of alkyl halides is 4. The van der Waals surface area contributed by atoms with Crippen molar-refractivity contribution >= 4 is 21.6 Å². The molecule has 0 amide bonds. The van der Waals surface area contributed by atoms with Crippen molar-refractivity contribution in [1.29, 1.82) is 0 Å². The van der Waals surface area contributed by atoms with Gasteiger partial charge in [-0.25, -0.2) is 4.39 Å². The molecule has 2 atom stereocenters. The van der Waals surface area contributed by atoms with E-state index < -0.39 is 23.4 Å². The quantitative estimate of drug-likeness (QED) is 0.462. The molecular weight excluding hydrogens is 188 g/mol. The maximum absolute atomic E-state index is 11.7. The van der Waals surface area contributed by atoms with E-state index in [0.717, 1.165) is 10.8 Å². The first-order valence-electron chi connectivity index (χ1n) is 2.50. The lowest BCUT2D eigenvalue weighted by molar-refractivity contribution is -0.129. The van der Waals surface area contributed by atoms with Crippen LogP contribution in [0.1, 0.15) is 0 Å². The fraction of sp³-hybridized carbons (Fsp3) is 1.00. The molecule has 0 N–H and O–H groups in total. The van der Waals surface area contributed by atoms with Crippen LogP contribution in [0.3, 0.4) is 0 Å². The van der Waals surface area contributed by atoms with Crippen LogP contribution >= 0.6 is 21.6 Å². The average molecular weight is 192 g/mol. The monoisotopic (exact) mass is 192 g/mol. The second-order valence-corrected chi connectivity index (χ2v) is 4.50. The predicted octanol–water partition coefficient (Wildman–Crippen LogP) is 2.65. The zero-order valence-corrected chi connectivity index (χ0v) is 6.32. The van der Waals surface area contributed by atoms with E-state index in [0.29, 0.717) is 10.8 Å². The van der Waals surface area contributed by atoms with Crippen molar-refractivity contribution in [1.82, 2.24) is 0 Å². The van der Waals surface area contributed by atoms with E-state index in [1.807, 2.05) is 0 Å². The molecule has 1 aliphatic heterocycles. The fourth-order valence-corrected chi connectivity index (χ4v) is 2.95. The minimum atomic E-state index is -4.23. The Bertz CT molecular complexity index is 121. The first-order chi connectivity index (χ1) is 4.55. The lowest BCUT2D eigenvalue weighted by atomic mass is 10.3. The van der Waals surface area contributed by atoms with E-state index in [1.165, 1.54) is 0 Å². The lowest BCUT2D eigenvalue weighted by Gasteiger charge is -2.33. The van der Waals surface area contributed by atoms with Crippen molar-refractivity contribution in [3.8, 4) is 0 Å². The number of rotatable bonds is 1. The van der Waals surface area contributed by atoms with Crippen LogP contribution in [0.15, 0.2) is 0 Å². The minimum Gasteiger partial charge on any atom is -0.250 e. The van der Waals surface area contributed by atoms with Gasteiger partial charge in [-0.05, 0) is 0 Å². The summed E-state index contributed by atoms with van der Waals surface area (Å²) in [6.07, 6.45) is -4.23. The Balaban J connectivity index is 2.43. The topological polar surface area (TPSA) is 0 Å². The molecule has 1 rings (SSSR count). The first-order valence-corrected chi connectivity index (χ1v) is 4.78. The molecule has 1 heterocycles. The Morgan fingerprint density at radius 1 is 1.20 bits per heavy atom. The Hall–Kier alpha value is 0.420. The normalized spacial score (nSPS) is 33.6. The van der Waals surface area contributed by atoms with Crippen LogP contribution in [0.2, 0.25) is 0 Å². The summed E-state index contributed by atoms with van der Waals surface area (Å²) in [6, 6.07) is 0. The van der Waals surface area contributed by atoms with Gasteiger partial charge in [0.2, 0.25) is 0 Å².